The number of urea groups is 1. The minimum absolute atomic E-state index is 0.00654. The molecule has 0 atom stereocenters. The SMILES string of the molecule is CCOC(=O)C1=NOC(c2ccccc2)(c2ccccc2)C1.CCc1cc(C)cc(CC)c1-c1c(OC(=O)C(C)(C)C)n2n(c1=O)CCOCC2.COc1cc(OC)nc(NC(=O)NS(=O)(=O)N(C)S(C)(=O)=O)n1.Cc1c(C(=O)c2cnn(C)c2O)ccc(S(C)(=O)=O)c1C1=NOCC1. The van der Waals surface area contributed by atoms with Crippen LogP contribution >= 0.6 is 0 Å². The Morgan fingerprint density at radius 2 is 1.33 bits per heavy atom. The molecule has 10 rings (SSSR count). The Labute approximate surface area is 574 Å². The molecule has 99 heavy (non-hydrogen) atoms. The molecule has 7 aromatic rings. The van der Waals surface area contributed by atoms with Gasteiger partial charge in [-0.3, -0.25) is 19.7 Å². The van der Waals surface area contributed by atoms with Gasteiger partial charge in [-0.15, -0.1) is 0 Å². The van der Waals surface area contributed by atoms with Gasteiger partial charge in [0.1, 0.15) is 17.7 Å². The highest BCUT2D eigenvalue weighted by Crippen LogP contribution is 2.42. The second-order valence-electron chi connectivity index (χ2n) is 23.6. The lowest BCUT2D eigenvalue weighted by atomic mass is 9.82. The van der Waals surface area contributed by atoms with Gasteiger partial charge in [-0.25, -0.2) is 45.2 Å². The molecule has 532 valence electrons. The number of sulfone groups is 1. The second kappa shape index (κ2) is 32.2. The first kappa shape index (κ1) is 76.5. The topological polar surface area (TPSA) is 378 Å². The standard InChI is InChI=1S/C23H32N2O4.C18H17NO3.C16H17N3O5S.C9H15N5O7S2/c1-7-16-13-15(3)14-17(8-2)18(16)19-20(26)24-9-11-28-12-10-25(24)21(19)29-22(27)23(4,5)6;1-2-21-17(20)16-13-18(22-19-16,14-9-5-3-6-10-14)15-11-7-4-8-12-15;1-9-10(15(20)11-8-17-19(2)16(11)21)4-5-13(25(3,22)23)14(9)12-6-7-24-18-12;1-14(22(4,16)17)23(18,19)13-9(15)12-8-10-6(20-2)5-7(11-8)21-3/h13-14H,7-12H2,1-6H3;3-12H,2,13H2,1H3;4-5,8,21H,6-7H2,1-3H3;5H,1-4H3,(H2,10,11,12,13,15). The summed E-state index contributed by atoms with van der Waals surface area (Å²) in [5, 5.41) is 23.8. The minimum Gasteiger partial charge on any atom is -0.493 e. The molecule has 0 saturated heterocycles. The lowest BCUT2D eigenvalue weighted by Crippen LogP contribution is -2.45. The maximum Gasteiger partial charge on any atom is 0.356 e. The average Bonchev–Trinajstić information content (AvgIpc) is 1.71. The number of rotatable bonds is 18. The Morgan fingerprint density at radius 1 is 0.758 bits per heavy atom. The van der Waals surface area contributed by atoms with Crippen LogP contribution in [0.25, 0.3) is 11.1 Å². The third-order valence-corrected chi connectivity index (χ3v) is 20.1. The average molecular weight is 1430 g/mol. The number of aromatic nitrogens is 6. The molecule has 3 aromatic heterocycles. The Hall–Kier alpha value is -9.83. The van der Waals surface area contributed by atoms with Gasteiger partial charge < -0.3 is 38.5 Å². The first-order valence-corrected chi connectivity index (χ1v) is 36.2. The summed E-state index contributed by atoms with van der Waals surface area (Å²) < 4.78 is 102. The summed E-state index contributed by atoms with van der Waals surface area (Å²) in [5.74, 6) is -1.32. The van der Waals surface area contributed by atoms with E-state index < -0.39 is 58.9 Å². The van der Waals surface area contributed by atoms with Crippen LogP contribution in [0, 0.1) is 19.3 Å². The highest BCUT2D eigenvalue weighted by molar-refractivity contribution is 8.03. The summed E-state index contributed by atoms with van der Waals surface area (Å²) in [6.45, 7) is 17.7. The highest BCUT2D eigenvalue weighted by Gasteiger charge is 2.45. The Bertz CT molecular complexity index is 4540. The summed E-state index contributed by atoms with van der Waals surface area (Å²) in [5.41, 5.74) is 7.12. The summed E-state index contributed by atoms with van der Waals surface area (Å²) in [7, 11) is -7.27. The third-order valence-electron chi connectivity index (χ3n) is 15.5. The number of fused-ring (bicyclic) bond motifs is 1. The van der Waals surface area contributed by atoms with Crippen LogP contribution in [0.2, 0.25) is 0 Å². The number of carbonyl (C=O) groups is 4. The fraction of sp³-hybridized carbons (Fsp3) is 0.394. The number of aromatic hydroxyl groups is 1. The van der Waals surface area contributed by atoms with Crippen LogP contribution in [0.15, 0.2) is 117 Å². The molecular weight excluding hydrogens is 1350 g/mol. The van der Waals surface area contributed by atoms with Crippen molar-refractivity contribution in [2.45, 2.75) is 105 Å². The molecule has 33 heteroatoms. The smallest absolute Gasteiger partial charge is 0.356 e. The first-order chi connectivity index (χ1) is 46.6. The number of esters is 2. The van der Waals surface area contributed by atoms with Crippen LogP contribution in [0.3, 0.4) is 0 Å². The van der Waals surface area contributed by atoms with Gasteiger partial charge in [0, 0.05) is 49.0 Å². The molecule has 0 fully saturated rings. The molecule has 0 spiro atoms. The van der Waals surface area contributed by atoms with Gasteiger partial charge in [-0.05, 0) is 88.8 Å². The molecule has 0 radical (unpaired) electrons. The van der Waals surface area contributed by atoms with Gasteiger partial charge in [0.05, 0.1) is 88.1 Å². The van der Waals surface area contributed by atoms with Crippen LogP contribution in [-0.4, -0.2) is 159 Å². The van der Waals surface area contributed by atoms with Crippen LogP contribution < -0.4 is 29.8 Å². The number of sulfonamides is 1. The molecule has 30 nitrogen and oxygen atoms in total. The number of nitrogens with zero attached hydrogens (tertiary/aromatic N) is 9. The summed E-state index contributed by atoms with van der Waals surface area (Å²) >= 11 is 0. The predicted octanol–water partition coefficient (Wildman–Crippen LogP) is 6.95. The number of methoxy groups -OCH3 is 2. The molecule has 0 unspecified atom stereocenters. The number of nitrogens with one attached hydrogen (secondary N) is 2. The molecule has 2 amide bonds. The van der Waals surface area contributed by atoms with E-state index in [2.05, 4.69) is 58.3 Å². The van der Waals surface area contributed by atoms with E-state index in [1.807, 2.05) is 86.8 Å². The zero-order chi connectivity index (χ0) is 73.0. The van der Waals surface area contributed by atoms with Crippen molar-refractivity contribution in [3.8, 4) is 34.6 Å². The molecule has 0 saturated carbocycles. The fourth-order valence-corrected chi connectivity index (χ4v) is 13.3. The van der Waals surface area contributed by atoms with Gasteiger partial charge in [0.25, 0.3) is 5.56 Å². The largest absolute Gasteiger partial charge is 0.493 e. The molecule has 3 N–H and O–H groups in total. The van der Waals surface area contributed by atoms with Crippen molar-refractivity contribution in [1.82, 2.24) is 37.5 Å². The Morgan fingerprint density at radius 3 is 1.82 bits per heavy atom. The summed E-state index contributed by atoms with van der Waals surface area (Å²) in [4.78, 5) is 81.1. The van der Waals surface area contributed by atoms with E-state index in [0.717, 1.165) is 54.0 Å². The number of aryl methyl sites for hydroxylation is 4. The zero-order valence-corrected chi connectivity index (χ0v) is 59.8. The van der Waals surface area contributed by atoms with Crippen LogP contribution in [-0.2, 0) is 97.4 Å². The normalized spacial score (nSPS) is 14.1. The van der Waals surface area contributed by atoms with Crippen LogP contribution in [0.4, 0.5) is 10.7 Å². The Kier molecular flexibility index (Phi) is 24.9. The van der Waals surface area contributed by atoms with Crippen molar-refractivity contribution in [1.29, 1.82) is 0 Å². The highest BCUT2D eigenvalue weighted by atomic mass is 32.3. The quantitative estimate of drug-likeness (QED) is 0.0578. The number of benzene rings is 4. The van der Waals surface area contributed by atoms with E-state index in [1.54, 1.807) is 23.2 Å². The molecule has 0 aliphatic carbocycles. The van der Waals surface area contributed by atoms with Gasteiger partial charge in [-0.2, -0.15) is 23.5 Å². The monoisotopic (exact) mass is 1430 g/mol. The second-order valence-corrected chi connectivity index (χ2v) is 29.5. The molecule has 3 aliphatic heterocycles. The van der Waals surface area contributed by atoms with Crippen molar-refractivity contribution >= 4 is 71.2 Å². The van der Waals surface area contributed by atoms with E-state index in [4.69, 9.17) is 33.4 Å². The van der Waals surface area contributed by atoms with E-state index in [1.165, 1.54) is 60.6 Å². The zero-order valence-electron chi connectivity index (χ0n) is 57.4. The fourth-order valence-electron chi connectivity index (χ4n) is 10.4. The third kappa shape index (κ3) is 18.1. The van der Waals surface area contributed by atoms with Gasteiger partial charge in [-0.1, -0.05) is 106 Å². The predicted molar refractivity (Wildman–Crippen MR) is 365 cm³/mol. The van der Waals surface area contributed by atoms with Crippen LogP contribution in [0.1, 0.15) is 109 Å². The molecular formula is C66H81N11O19S3. The summed E-state index contributed by atoms with van der Waals surface area (Å²) in [6, 6.07) is 26.8. The lowest BCUT2D eigenvalue weighted by molar-refractivity contribution is -0.143. The number of amides is 2. The number of hydrogen-bond acceptors (Lipinski definition) is 24. The van der Waals surface area contributed by atoms with Crippen molar-refractivity contribution in [2.24, 2.45) is 22.8 Å². The molecule has 3 aliphatic rings. The lowest BCUT2D eigenvalue weighted by Gasteiger charge is -2.27. The maximum atomic E-state index is 13.5. The number of anilines is 1. The van der Waals surface area contributed by atoms with E-state index in [9.17, 15) is 54.3 Å². The minimum atomic E-state index is -4.60. The van der Waals surface area contributed by atoms with Gasteiger partial charge in [0.2, 0.25) is 39.5 Å². The molecule has 4 aromatic carbocycles. The number of ether oxygens (including phenoxy) is 5. The van der Waals surface area contributed by atoms with Gasteiger partial charge in [0.15, 0.2) is 26.9 Å². The number of oxime groups is 2. The van der Waals surface area contributed by atoms with Crippen molar-refractivity contribution in [2.75, 3.05) is 65.5 Å². The first-order valence-electron chi connectivity index (χ1n) is 31.0. The van der Waals surface area contributed by atoms with Gasteiger partial charge >= 0.3 is 28.2 Å². The number of ketones is 1. The maximum absolute atomic E-state index is 13.5. The number of carbonyl (C=O) groups excluding carboxylic acids is 4. The Balaban J connectivity index is 0.000000187. The van der Waals surface area contributed by atoms with E-state index in [0.29, 0.717) is 92.6 Å². The number of hydrogen-bond donors (Lipinski definition) is 3. The van der Waals surface area contributed by atoms with E-state index >= 15 is 0 Å². The van der Waals surface area contributed by atoms with Crippen molar-refractivity contribution in [3.63, 3.8) is 0 Å². The van der Waals surface area contributed by atoms with Crippen molar-refractivity contribution < 1.29 is 82.9 Å². The van der Waals surface area contributed by atoms with E-state index in [-0.39, 0.29) is 54.8 Å². The molecule has 0 bridgehead atoms. The van der Waals surface area contributed by atoms with Crippen molar-refractivity contribution in [3.05, 3.63) is 158 Å². The molecule has 6 heterocycles. The van der Waals surface area contributed by atoms with Crippen LogP contribution in [0.5, 0.6) is 23.5 Å². The summed E-state index contributed by atoms with van der Waals surface area (Å²) in [6.07, 6.45) is 5.46.